The number of rotatable bonds is 2. The molecule has 0 spiro atoms. The SMILES string of the molecule is O=C(On1ccnc1)c1ccco1. The number of imidazole rings is 1. The van der Waals surface area contributed by atoms with E-state index in [-0.39, 0.29) is 5.76 Å². The van der Waals surface area contributed by atoms with E-state index in [2.05, 4.69) is 4.98 Å². The van der Waals surface area contributed by atoms with Gasteiger partial charge in [-0.1, -0.05) is 0 Å². The van der Waals surface area contributed by atoms with Gasteiger partial charge in [0.15, 0.2) is 0 Å². The minimum Gasteiger partial charge on any atom is -0.457 e. The topological polar surface area (TPSA) is 57.3 Å². The summed E-state index contributed by atoms with van der Waals surface area (Å²) in [7, 11) is 0. The quantitative estimate of drug-likeness (QED) is 0.680. The van der Waals surface area contributed by atoms with Crippen LogP contribution in [0.25, 0.3) is 0 Å². The van der Waals surface area contributed by atoms with Gasteiger partial charge in [0.05, 0.1) is 12.5 Å². The first kappa shape index (κ1) is 7.60. The Morgan fingerprint density at radius 3 is 3.15 bits per heavy atom. The predicted octanol–water partition coefficient (Wildman–Crippen LogP) is 0.745. The summed E-state index contributed by atoms with van der Waals surface area (Å²) in [6.07, 6.45) is 5.81. The highest BCUT2D eigenvalue weighted by molar-refractivity contribution is 5.86. The number of nitrogens with zero attached hydrogens (tertiary/aromatic N) is 2. The van der Waals surface area contributed by atoms with Gasteiger partial charge >= 0.3 is 5.97 Å². The molecule has 13 heavy (non-hydrogen) atoms. The number of carbonyl (C=O) groups is 1. The second kappa shape index (κ2) is 3.14. The predicted molar refractivity (Wildman–Crippen MR) is 41.8 cm³/mol. The Kier molecular flexibility index (Phi) is 1.84. The molecule has 0 aliphatic heterocycles. The molecule has 5 nitrogen and oxygen atoms in total. The molecule has 0 saturated carbocycles. The highest BCUT2D eigenvalue weighted by atomic mass is 16.7. The van der Waals surface area contributed by atoms with Gasteiger partial charge in [0.2, 0.25) is 5.76 Å². The maximum atomic E-state index is 11.2. The van der Waals surface area contributed by atoms with Crippen molar-refractivity contribution in [3.63, 3.8) is 0 Å². The van der Waals surface area contributed by atoms with Gasteiger partial charge in [-0.3, -0.25) is 0 Å². The molecule has 0 radical (unpaired) electrons. The standard InChI is InChI=1S/C8H6N2O3/c11-8(7-2-1-5-12-7)13-10-4-3-9-6-10/h1-6H. The highest BCUT2D eigenvalue weighted by Gasteiger charge is 2.10. The van der Waals surface area contributed by atoms with Crippen molar-refractivity contribution in [2.45, 2.75) is 0 Å². The summed E-state index contributed by atoms with van der Waals surface area (Å²) in [6.45, 7) is 0. The smallest absolute Gasteiger partial charge is 0.398 e. The minimum absolute atomic E-state index is 0.161. The molecule has 0 aliphatic rings. The molecule has 2 rings (SSSR count). The summed E-state index contributed by atoms with van der Waals surface area (Å²) in [5.74, 6) is -0.392. The Bertz CT molecular complexity index is 377. The van der Waals surface area contributed by atoms with E-state index in [0.717, 1.165) is 0 Å². The van der Waals surface area contributed by atoms with Gasteiger partial charge in [-0.05, 0) is 12.1 Å². The molecule has 66 valence electrons. The highest BCUT2D eigenvalue weighted by Crippen LogP contribution is 2.00. The van der Waals surface area contributed by atoms with Gasteiger partial charge in [-0.25, -0.2) is 9.78 Å². The molecule has 2 aromatic rings. The average molecular weight is 178 g/mol. The van der Waals surface area contributed by atoms with Crippen molar-refractivity contribution in [2.24, 2.45) is 0 Å². The number of aromatic nitrogens is 2. The molecule has 0 N–H and O–H groups in total. The zero-order chi connectivity index (χ0) is 9.10. The summed E-state index contributed by atoms with van der Waals surface area (Å²) in [5.41, 5.74) is 0. The molecule has 0 aromatic carbocycles. The van der Waals surface area contributed by atoms with Gasteiger partial charge in [0, 0.05) is 6.20 Å². The number of hydrogen-bond donors (Lipinski definition) is 0. The summed E-state index contributed by atoms with van der Waals surface area (Å²) < 4.78 is 6.04. The Balaban J connectivity index is 2.08. The molecular weight excluding hydrogens is 172 g/mol. The summed E-state index contributed by atoms with van der Waals surface area (Å²) in [5, 5.41) is 0. The van der Waals surface area contributed by atoms with Crippen LogP contribution in [0.3, 0.4) is 0 Å². The molecule has 0 amide bonds. The molecule has 0 aliphatic carbocycles. The number of furan rings is 1. The molecule has 0 unspecified atom stereocenters. The molecular formula is C8H6N2O3. The zero-order valence-electron chi connectivity index (χ0n) is 6.58. The molecule has 0 atom stereocenters. The van der Waals surface area contributed by atoms with Crippen LogP contribution >= 0.6 is 0 Å². The van der Waals surface area contributed by atoms with Crippen molar-refractivity contribution < 1.29 is 14.0 Å². The van der Waals surface area contributed by atoms with Gasteiger partial charge < -0.3 is 9.25 Å². The number of hydrogen-bond acceptors (Lipinski definition) is 4. The normalized spacial score (nSPS) is 9.85. The Morgan fingerprint density at radius 1 is 1.62 bits per heavy atom. The molecule has 0 saturated heterocycles. The summed E-state index contributed by atoms with van der Waals surface area (Å²) in [6, 6.07) is 3.14. The van der Waals surface area contributed by atoms with Crippen LogP contribution in [0.4, 0.5) is 0 Å². The number of carbonyl (C=O) groups excluding carboxylic acids is 1. The lowest BCUT2D eigenvalue weighted by atomic mass is 10.5. The van der Waals surface area contributed by atoms with Gasteiger partial charge in [-0.2, -0.15) is 4.73 Å². The third-order valence-electron chi connectivity index (χ3n) is 1.39. The van der Waals surface area contributed by atoms with Crippen molar-refractivity contribution in [1.29, 1.82) is 0 Å². The fourth-order valence-corrected chi connectivity index (χ4v) is 0.836. The first-order valence-electron chi connectivity index (χ1n) is 3.60. The lowest BCUT2D eigenvalue weighted by molar-refractivity contribution is 0.0424. The Hall–Kier alpha value is -2.04. The van der Waals surface area contributed by atoms with Crippen LogP contribution in [0.5, 0.6) is 0 Å². The summed E-state index contributed by atoms with van der Waals surface area (Å²) in [4.78, 5) is 19.7. The second-order valence-corrected chi connectivity index (χ2v) is 2.28. The van der Waals surface area contributed by atoms with Crippen LogP contribution in [0.15, 0.2) is 41.5 Å². The first-order valence-corrected chi connectivity index (χ1v) is 3.60. The third-order valence-corrected chi connectivity index (χ3v) is 1.39. The Morgan fingerprint density at radius 2 is 2.54 bits per heavy atom. The van der Waals surface area contributed by atoms with E-state index < -0.39 is 5.97 Å². The maximum absolute atomic E-state index is 11.2. The van der Waals surface area contributed by atoms with Crippen LogP contribution in [0.2, 0.25) is 0 Å². The minimum atomic E-state index is -0.553. The van der Waals surface area contributed by atoms with E-state index in [1.807, 2.05) is 0 Å². The van der Waals surface area contributed by atoms with Gasteiger partial charge in [0.1, 0.15) is 6.33 Å². The van der Waals surface area contributed by atoms with Crippen molar-refractivity contribution in [2.75, 3.05) is 0 Å². The fourth-order valence-electron chi connectivity index (χ4n) is 0.836. The van der Waals surface area contributed by atoms with Crippen molar-refractivity contribution in [3.05, 3.63) is 42.9 Å². The molecule has 2 aromatic heterocycles. The van der Waals surface area contributed by atoms with E-state index in [1.165, 1.54) is 35.8 Å². The molecule has 0 bridgehead atoms. The molecule has 5 heteroatoms. The van der Waals surface area contributed by atoms with E-state index in [4.69, 9.17) is 9.25 Å². The molecule has 2 heterocycles. The average Bonchev–Trinajstić information content (AvgIpc) is 2.74. The lowest BCUT2D eigenvalue weighted by Gasteiger charge is -1.99. The van der Waals surface area contributed by atoms with E-state index in [0.29, 0.717) is 0 Å². The Labute approximate surface area is 73.5 Å². The van der Waals surface area contributed by atoms with Crippen molar-refractivity contribution in [1.82, 2.24) is 9.71 Å². The van der Waals surface area contributed by atoms with Gasteiger partial charge in [-0.15, -0.1) is 0 Å². The van der Waals surface area contributed by atoms with Crippen LogP contribution in [-0.2, 0) is 0 Å². The molecule has 0 fully saturated rings. The third kappa shape index (κ3) is 1.58. The zero-order valence-corrected chi connectivity index (χ0v) is 6.58. The van der Waals surface area contributed by atoms with Crippen LogP contribution in [0, 0.1) is 0 Å². The maximum Gasteiger partial charge on any atom is 0.398 e. The van der Waals surface area contributed by atoms with Crippen molar-refractivity contribution in [3.8, 4) is 0 Å². The van der Waals surface area contributed by atoms with Crippen LogP contribution in [-0.4, -0.2) is 15.7 Å². The van der Waals surface area contributed by atoms with E-state index >= 15 is 0 Å². The fraction of sp³-hybridized carbons (Fsp3) is 0. The first-order chi connectivity index (χ1) is 6.36. The van der Waals surface area contributed by atoms with Gasteiger partial charge in [0.25, 0.3) is 0 Å². The van der Waals surface area contributed by atoms with Crippen LogP contribution in [0.1, 0.15) is 10.6 Å². The monoisotopic (exact) mass is 178 g/mol. The van der Waals surface area contributed by atoms with Crippen molar-refractivity contribution >= 4 is 5.97 Å². The lowest BCUT2D eigenvalue weighted by Crippen LogP contribution is -2.17. The largest absolute Gasteiger partial charge is 0.457 e. The van der Waals surface area contributed by atoms with E-state index in [9.17, 15) is 4.79 Å². The summed E-state index contributed by atoms with van der Waals surface area (Å²) >= 11 is 0. The second-order valence-electron chi connectivity index (χ2n) is 2.28. The van der Waals surface area contributed by atoms with Crippen LogP contribution < -0.4 is 4.84 Å². The van der Waals surface area contributed by atoms with E-state index in [1.54, 1.807) is 6.07 Å².